The number of piperidine rings is 1. The maximum Gasteiger partial charge on any atom is 0.0230 e. The Labute approximate surface area is 73.5 Å². The smallest absolute Gasteiger partial charge is 0.0230 e. The van der Waals surface area contributed by atoms with E-state index in [0.29, 0.717) is 5.92 Å². The van der Waals surface area contributed by atoms with Crippen LogP contribution >= 0.6 is 0 Å². The highest BCUT2D eigenvalue weighted by molar-refractivity contribution is 5.77. The van der Waals surface area contributed by atoms with Gasteiger partial charge in [-0.2, -0.15) is 0 Å². The van der Waals surface area contributed by atoms with Crippen molar-refractivity contribution >= 4 is 6.21 Å². The van der Waals surface area contributed by atoms with Gasteiger partial charge in [0.05, 0.1) is 0 Å². The number of rotatable bonds is 2. The summed E-state index contributed by atoms with van der Waals surface area (Å²) in [6, 6.07) is 0. The molecule has 68 valence electrons. The summed E-state index contributed by atoms with van der Waals surface area (Å²) >= 11 is 0. The Hall–Kier alpha value is -0.830. The summed E-state index contributed by atoms with van der Waals surface area (Å²) < 4.78 is 0. The first kappa shape index (κ1) is 9.26. The monoisotopic (exact) mass is 167 g/mol. The Morgan fingerprint density at radius 3 is 2.83 bits per heavy atom. The molecule has 0 saturated carbocycles. The van der Waals surface area contributed by atoms with Crippen LogP contribution in [0.5, 0.6) is 0 Å². The summed E-state index contributed by atoms with van der Waals surface area (Å²) in [6.45, 7) is 3.94. The van der Waals surface area contributed by atoms with Crippen LogP contribution in [0.2, 0.25) is 0 Å². The zero-order valence-electron chi connectivity index (χ0n) is 7.56. The molecule has 0 amide bonds. The molecule has 1 atom stereocenters. The van der Waals surface area contributed by atoms with E-state index >= 15 is 0 Å². The maximum atomic E-state index is 7.24. The summed E-state index contributed by atoms with van der Waals surface area (Å²) in [7, 11) is 0. The molecule has 1 heterocycles. The number of nitrogens with two attached hydrogens (primary N) is 1. The van der Waals surface area contributed by atoms with Crippen LogP contribution in [0.3, 0.4) is 0 Å². The van der Waals surface area contributed by atoms with Gasteiger partial charge in [0.15, 0.2) is 0 Å². The van der Waals surface area contributed by atoms with Crippen molar-refractivity contribution in [3.05, 3.63) is 11.3 Å². The molecule has 4 N–H and O–H groups in total. The lowest BCUT2D eigenvalue weighted by Crippen LogP contribution is -2.32. The summed E-state index contributed by atoms with van der Waals surface area (Å²) in [5.41, 5.74) is 7.47. The zero-order chi connectivity index (χ0) is 8.97. The van der Waals surface area contributed by atoms with E-state index < -0.39 is 0 Å². The molecule has 0 aromatic heterocycles. The topological polar surface area (TPSA) is 61.9 Å². The lowest BCUT2D eigenvalue weighted by Gasteiger charge is -2.24. The van der Waals surface area contributed by atoms with E-state index in [9.17, 15) is 0 Å². The Balaban J connectivity index is 2.65. The number of nitrogens with one attached hydrogen (secondary N) is 2. The van der Waals surface area contributed by atoms with E-state index in [4.69, 9.17) is 11.1 Å². The summed E-state index contributed by atoms with van der Waals surface area (Å²) in [6.07, 6.45) is 3.74. The highest BCUT2D eigenvalue weighted by atomic mass is 14.9. The molecule has 0 bridgehead atoms. The number of hydrogen-bond acceptors (Lipinski definition) is 3. The van der Waals surface area contributed by atoms with Crippen LogP contribution in [-0.4, -0.2) is 19.3 Å². The SMILES string of the molecule is C/C(N)=C(/C=N)C1CCCNC1. The third-order valence-corrected chi connectivity index (χ3v) is 2.35. The van der Waals surface area contributed by atoms with Crippen molar-refractivity contribution < 1.29 is 0 Å². The fourth-order valence-corrected chi connectivity index (χ4v) is 1.67. The van der Waals surface area contributed by atoms with Crippen LogP contribution in [0.15, 0.2) is 11.3 Å². The van der Waals surface area contributed by atoms with Gasteiger partial charge in [-0.1, -0.05) is 0 Å². The molecule has 0 spiro atoms. The Kier molecular flexibility index (Phi) is 3.29. The quantitative estimate of drug-likeness (QED) is 0.534. The van der Waals surface area contributed by atoms with E-state index in [2.05, 4.69) is 5.32 Å². The fourth-order valence-electron chi connectivity index (χ4n) is 1.67. The van der Waals surface area contributed by atoms with E-state index in [1.54, 1.807) is 0 Å². The Bertz CT molecular complexity index is 186. The largest absolute Gasteiger partial charge is 0.402 e. The van der Waals surface area contributed by atoms with E-state index in [1.807, 2.05) is 6.92 Å². The van der Waals surface area contributed by atoms with Gasteiger partial charge in [0, 0.05) is 18.5 Å². The summed E-state index contributed by atoms with van der Waals surface area (Å²) in [4.78, 5) is 0. The molecule has 1 saturated heterocycles. The van der Waals surface area contributed by atoms with Crippen LogP contribution in [0.4, 0.5) is 0 Å². The molecule has 1 aliphatic rings. The molecule has 1 rings (SSSR count). The minimum absolute atomic E-state index is 0.459. The Morgan fingerprint density at radius 2 is 2.42 bits per heavy atom. The summed E-state index contributed by atoms with van der Waals surface area (Å²) in [5, 5.41) is 10.5. The predicted molar refractivity (Wildman–Crippen MR) is 51.3 cm³/mol. The predicted octanol–water partition coefficient (Wildman–Crippen LogP) is 0.868. The van der Waals surface area contributed by atoms with Gasteiger partial charge >= 0.3 is 0 Å². The van der Waals surface area contributed by atoms with Crippen molar-refractivity contribution in [3.63, 3.8) is 0 Å². The van der Waals surface area contributed by atoms with Crippen molar-refractivity contribution in [1.29, 1.82) is 5.41 Å². The van der Waals surface area contributed by atoms with E-state index in [0.717, 1.165) is 30.8 Å². The third-order valence-electron chi connectivity index (χ3n) is 2.35. The normalized spacial score (nSPS) is 26.2. The van der Waals surface area contributed by atoms with Gasteiger partial charge in [0.2, 0.25) is 0 Å². The van der Waals surface area contributed by atoms with Gasteiger partial charge < -0.3 is 16.5 Å². The second kappa shape index (κ2) is 4.26. The molecule has 3 heteroatoms. The van der Waals surface area contributed by atoms with Gasteiger partial charge in [-0.05, 0) is 37.8 Å². The first-order valence-corrected chi connectivity index (χ1v) is 4.43. The molecular formula is C9H17N3. The third kappa shape index (κ3) is 2.08. The molecular weight excluding hydrogens is 150 g/mol. The van der Waals surface area contributed by atoms with Crippen molar-refractivity contribution in [2.75, 3.05) is 13.1 Å². The summed E-state index contributed by atoms with van der Waals surface area (Å²) in [5.74, 6) is 0.459. The second-order valence-electron chi connectivity index (χ2n) is 3.33. The van der Waals surface area contributed by atoms with Gasteiger partial charge in [-0.15, -0.1) is 0 Å². The fraction of sp³-hybridized carbons (Fsp3) is 0.667. The minimum atomic E-state index is 0.459. The van der Waals surface area contributed by atoms with Gasteiger partial charge in [-0.3, -0.25) is 0 Å². The lowest BCUT2D eigenvalue weighted by atomic mass is 9.91. The maximum absolute atomic E-state index is 7.24. The molecule has 0 aromatic carbocycles. The molecule has 1 fully saturated rings. The molecule has 1 aliphatic heterocycles. The van der Waals surface area contributed by atoms with Crippen LogP contribution in [-0.2, 0) is 0 Å². The number of hydrogen-bond donors (Lipinski definition) is 3. The molecule has 12 heavy (non-hydrogen) atoms. The van der Waals surface area contributed by atoms with Crippen LogP contribution < -0.4 is 11.1 Å². The van der Waals surface area contributed by atoms with Crippen molar-refractivity contribution in [2.24, 2.45) is 11.7 Å². The second-order valence-corrected chi connectivity index (χ2v) is 3.33. The molecule has 0 aromatic rings. The molecule has 0 radical (unpaired) electrons. The average Bonchev–Trinajstić information content (AvgIpc) is 2.07. The van der Waals surface area contributed by atoms with Gasteiger partial charge in [0.25, 0.3) is 0 Å². The molecule has 1 unspecified atom stereocenters. The number of allylic oxidation sites excluding steroid dienone is 1. The van der Waals surface area contributed by atoms with Crippen molar-refractivity contribution in [2.45, 2.75) is 19.8 Å². The van der Waals surface area contributed by atoms with Gasteiger partial charge in [-0.25, -0.2) is 0 Å². The standard InChI is InChI=1S/C9H17N3/c1-7(11)9(5-10)8-3-2-4-12-6-8/h5,8,10,12H,2-4,6,11H2,1H3/b9-7+,10-5?. The average molecular weight is 167 g/mol. The van der Waals surface area contributed by atoms with Crippen LogP contribution in [0, 0.1) is 11.3 Å². The van der Waals surface area contributed by atoms with Crippen molar-refractivity contribution in [3.8, 4) is 0 Å². The van der Waals surface area contributed by atoms with Gasteiger partial charge in [0.1, 0.15) is 0 Å². The lowest BCUT2D eigenvalue weighted by molar-refractivity contribution is 0.429. The van der Waals surface area contributed by atoms with Crippen molar-refractivity contribution in [1.82, 2.24) is 5.32 Å². The van der Waals surface area contributed by atoms with Crippen LogP contribution in [0.1, 0.15) is 19.8 Å². The first-order valence-electron chi connectivity index (χ1n) is 4.43. The van der Waals surface area contributed by atoms with E-state index in [-0.39, 0.29) is 0 Å². The highest BCUT2D eigenvalue weighted by Crippen LogP contribution is 2.18. The molecule has 3 nitrogen and oxygen atoms in total. The van der Waals surface area contributed by atoms with Crippen LogP contribution in [0.25, 0.3) is 0 Å². The molecule has 0 aliphatic carbocycles. The zero-order valence-corrected chi connectivity index (χ0v) is 7.56. The van der Waals surface area contributed by atoms with E-state index in [1.165, 1.54) is 12.6 Å². The Morgan fingerprint density at radius 1 is 1.67 bits per heavy atom. The highest BCUT2D eigenvalue weighted by Gasteiger charge is 2.16. The first-order chi connectivity index (χ1) is 5.75. The minimum Gasteiger partial charge on any atom is -0.402 e.